The Hall–Kier alpha value is -0.796. The van der Waals surface area contributed by atoms with Crippen LogP contribution in [0.25, 0.3) is 0 Å². The number of allylic oxidation sites excluding steroid dienone is 2. The summed E-state index contributed by atoms with van der Waals surface area (Å²) in [6, 6.07) is 4.39. The van der Waals surface area contributed by atoms with E-state index in [-0.39, 0.29) is 45.1 Å². The van der Waals surface area contributed by atoms with Crippen molar-refractivity contribution in [1.82, 2.24) is 0 Å². The Kier molecular flexibility index (Phi) is 8.77. The zero-order valence-electron chi connectivity index (χ0n) is 10.6. The molecule has 0 amide bonds. The molecule has 0 bridgehead atoms. The first-order valence-electron chi connectivity index (χ1n) is 5.23. The van der Waals surface area contributed by atoms with E-state index in [0.29, 0.717) is 11.4 Å². The van der Waals surface area contributed by atoms with E-state index in [1.54, 1.807) is 32.2 Å². The largest absolute Gasteiger partial charge is 0.487 e. The van der Waals surface area contributed by atoms with E-state index in [9.17, 15) is 4.39 Å². The van der Waals surface area contributed by atoms with Crippen molar-refractivity contribution in [2.75, 3.05) is 6.61 Å². The topological polar surface area (TPSA) is 21.6 Å². The molecular formula is C14H15FNOY-. The third kappa shape index (κ3) is 6.22. The second-order valence-electron chi connectivity index (χ2n) is 3.50. The summed E-state index contributed by atoms with van der Waals surface area (Å²) in [6.45, 7) is 7.60. The van der Waals surface area contributed by atoms with Gasteiger partial charge in [-0.3, -0.25) is 6.08 Å². The molecule has 0 saturated heterocycles. The fourth-order valence-electron chi connectivity index (χ4n) is 1.19. The predicted molar refractivity (Wildman–Crippen MR) is 67.8 cm³/mol. The third-order valence-corrected chi connectivity index (χ3v) is 2.03. The second-order valence-corrected chi connectivity index (χ2v) is 3.50. The zero-order chi connectivity index (χ0) is 12.7. The average molecular weight is 321 g/mol. The molecule has 0 atom stereocenters. The normalized spacial score (nSPS) is 10.6. The summed E-state index contributed by atoms with van der Waals surface area (Å²) in [7, 11) is 0. The molecule has 0 aliphatic rings. The molecule has 0 saturated carbocycles. The van der Waals surface area contributed by atoms with Crippen LogP contribution >= 0.6 is 0 Å². The maximum absolute atomic E-state index is 12.8. The maximum Gasteiger partial charge on any atom is 0.128 e. The van der Waals surface area contributed by atoms with Crippen molar-refractivity contribution in [2.45, 2.75) is 13.8 Å². The smallest absolute Gasteiger partial charge is 0.128 e. The average Bonchev–Trinajstić information content (AvgIpc) is 2.28. The molecule has 1 aromatic rings. The van der Waals surface area contributed by atoms with Crippen molar-refractivity contribution in [3.8, 4) is 5.75 Å². The minimum Gasteiger partial charge on any atom is -0.487 e. The van der Waals surface area contributed by atoms with Gasteiger partial charge in [0.1, 0.15) is 18.2 Å². The van der Waals surface area contributed by atoms with Crippen molar-refractivity contribution in [3.63, 3.8) is 0 Å². The monoisotopic (exact) mass is 321 g/mol. The molecule has 93 valence electrons. The van der Waals surface area contributed by atoms with Crippen LogP contribution in [0.5, 0.6) is 5.75 Å². The first-order chi connectivity index (χ1) is 8.13. The van der Waals surface area contributed by atoms with E-state index in [0.717, 1.165) is 5.56 Å². The molecule has 0 aliphatic heterocycles. The number of hydrogen-bond donors (Lipinski definition) is 0. The molecule has 2 nitrogen and oxygen atoms in total. The molecule has 0 fully saturated rings. The van der Waals surface area contributed by atoms with Gasteiger partial charge in [-0.25, -0.2) is 10.5 Å². The Balaban J connectivity index is 0.00000289. The number of aliphatic imine (C=N–C) groups is 1. The van der Waals surface area contributed by atoms with Crippen LogP contribution in [0, 0.1) is 18.8 Å². The SMILES string of the molecule is C=C(COc1ccc(F)cc1C)N=CC=[C-]C.[Y]. The molecule has 0 N–H and O–H groups in total. The van der Waals surface area contributed by atoms with Gasteiger partial charge in [-0.15, -0.1) is 13.1 Å². The zero-order valence-corrected chi connectivity index (χ0v) is 13.5. The molecular weight excluding hydrogens is 306 g/mol. The van der Waals surface area contributed by atoms with Crippen LogP contribution < -0.4 is 4.74 Å². The molecule has 4 heteroatoms. The van der Waals surface area contributed by atoms with Crippen LogP contribution in [-0.4, -0.2) is 12.8 Å². The molecule has 1 aromatic carbocycles. The van der Waals surface area contributed by atoms with Crippen molar-refractivity contribution >= 4 is 6.21 Å². The number of rotatable bonds is 5. The molecule has 18 heavy (non-hydrogen) atoms. The van der Waals surface area contributed by atoms with E-state index < -0.39 is 0 Å². The minimum absolute atomic E-state index is 0. The first-order valence-corrected chi connectivity index (χ1v) is 5.23. The van der Waals surface area contributed by atoms with Gasteiger partial charge in [0, 0.05) is 38.4 Å². The number of hydrogen-bond acceptors (Lipinski definition) is 2. The first kappa shape index (κ1) is 17.2. The number of nitrogens with zero attached hydrogens (tertiary/aromatic N) is 1. The summed E-state index contributed by atoms with van der Waals surface area (Å²) in [5.74, 6) is 0.371. The van der Waals surface area contributed by atoms with Crippen LogP contribution in [-0.2, 0) is 32.7 Å². The fourth-order valence-corrected chi connectivity index (χ4v) is 1.19. The van der Waals surface area contributed by atoms with E-state index in [2.05, 4.69) is 17.6 Å². The molecule has 0 aromatic heterocycles. The van der Waals surface area contributed by atoms with Gasteiger partial charge in [0.05, 0.1) is 0 Å². The van der Waals surface area contributed by atoms with E-state index in [4.69, 9.17) is 4.74 Å². The van der Waals surface area contributed by atoms with Gasteiger partial charge >= 0.3 is 0 Å². The van der Waals surface area contributed by atoms with Crippen molar-refractivity contribution in [2.24, 2.45) is 4.99 Å². The number of ether oxygens (including phenoxy) is 1. The molecule has 0 heterocycles. The number of benzene rings is 1. The summed E-state index contributed by atoms with van der Waals surface area (Å²) in [5.41, 5.74) is 1.35. The Morgan fingerprint density at radius 3 is 2.89 bits per heavy atom. The van der Waals surface area contributed by atoms with Crippen LogP contribution in [0.3, 0.4) is 0 Å². The maximum atomic E-state index is 12.8. The predicted octanol–water partition coefficient (Wildman–Crippen LogP) is 3.47. The molecule has 1 rings (SSSR count). The summed E-state index contributed by atoms with van der Waals surface area (Å²) in [4.78, 5) is 4.04. The molecule has 0 aliphatic carbocycles. The van der Waals surface area contributed by atoms with E-state index in [1.165, 1.54) is 12.1 Å². The summed E-state index contributed by atoms with van der Waals surface area (Å²) < 4.78 is 18.3. The molecule has 0 unspecified atom stereocenters. The van der Waals surface area contributed by atoms with Crippen LogP contribution in [0.1, 0.15) is 12.5 Å². The summed E-state index contributed by atoms with van der Waals surface area (Å²) in [5, 5.41) is 0. The van der Waals surface area contributed by atoms with Crippen molar-refractivity contribution in [3.05, 3.63) is 54.0 Å². The standard InChI is InChI=1S/C14H15FNO.Y/c1-4-5-8-16-12(3)10-17-14-7-6-13(15)9-11(14)2;/h5-9H,3,10H2,1-2H3;/q-1;. The van der Waals surface area contributed by atoms with Gasteiger partial charge in [0.2, 0.25) is 0 Å². The van der Waals surface area contributed by atoms with Crippen LogP contribution in [0.2, 0.25) is 0 Å². The van der Waals surface area contributed by atoms with Gasteiger partial charge in [-0.05, 0) is 30.7 Å². The Bertz CT molecular complexity index is 455. The van der Waals surface area contributed by atoms with Gasteiger partial charge in [0.15, 0.2) is 0 Å². The number of halogens is 1. The van der Waals surface area contributed by atoms with Crippen molar-refractivity contribution < 1.29 is 41.8 Å². The quantitative estimate of drug-likeness (QED) is 0.601. The molecule has 1 radical (unpaired) electrons. The van der Waals surface area contributed by atoms with Crippen molar-refractivity contribution in [1.29, 1.82) is 0 Å². The summed E-state index contributed by atoms with van der Waals surface area (Å²) >= 11 is 0. The minimum atomic E-state index is -0.268. The Morgan fingerprint density at radius 2 is 2.28 bits per heavy atom. The van der Waals surface area contributed by atoms with Gasteiger partial charge < -0.3 is 9.73 Å². The third-order valence-electron chi connectivity index (χ3n) is 2.03. The van der Waals surface area contributed by atoms with Gasteiger partial charge in [-0.1, -0.05) is 6.58 Å². The fraction of sp³-hybridized carbons (Fsp3) is 0.214. The van der Waals surface area contributed by atoms with E-state index in [1.807, 2.05) is 0 Å². The van der Waals surface area contributed by atoms with Crippen LogP contribution in [0.4, 0.5) is 4.39 Å². The van der Waals surface area contributed by atoms with Gasteiger partial charge in [-0.2, -0.15) is 0 Å². The Morgan fingerprint density at radius 1 is 1.56 bits per heavy atom. The Labute approximate surface area is 133 Å². The van der Waals surface area contributed by atoms with E-state index >= 15 is 0 Å². The second kappa shape index (κ2) is 9.18. The molecule has 0 spiro atoms. The van der Waals surface area contributed by atoms with Crippen LogP contribution in [0.15, 0.2) is 41.5 Å². The summed E-state index contributed by atoms with van der Waals surface area (Å²) in [6.07, 6.45) is 6.10. The number of aryl methyl sites for hydroxylation is 1. The van der Waals surface area contributed by atoms with Gasteiger partial charge in [0.25, 0.3) is 0 Å².